The van der Waals surface area contributed by atoms with Crippen molar-refractivity contribution in [2.24, 2.45) is 0 Å². The molecule has 0 unspecified atom stereocenters. The van der Waals surface area contributed by atoms with Crippen LogP contribution < -0.4 is 31.1 Å². The van der Waals surface area contributed by atoms with Gasteiger partial charge in [0.15, 0.2) is 0 Å². The summed E-state index contributed by atoms with van der Waals surface area (Å²) < 4.78 is 83.0. The number of aromatic nitrogens is 2. The lowest BCUT2D eigenvalue weighted by molar-refractivity contribution is 0.590. The Balaban J connectivity index is 0.947. The van der Waals surface area contributed by atoms with Gasteiger partial charge in [-0.3, -0.25) is 0 Å². The molecule has 23 rings (SSSR count). The van der Waals surface area contributed by atoms with Crippen molar-refractivity contribution in [2.75, 3.05) is 14.7 Å². The van der Waals surface area contributed by atoms with E-state index in [-0.39, 0.29) is 68.5 Å². The zero-order valence-corrected chi connectivity index (χ0v) is 65.5. The monoisotopic (exact) mass is 1500 g/mol. The van der Waals surface area contributed by atoms with E-state index in [1.165, 1.54) is 5.56 Å². The highest BCUT2D eigenvalue weighted by molar-refractivity contribution is 7.01. The van der Waals surface area contributed by atoms with Gasteiger partial charge in [0.25, 0.3) is 6.71 Å². The molecular weight excluding hydrogens is 1420 g/mol. The SMILES string of the molecule is [2H]c1c([2H])c([2H])c2c(c1[2H])c1c([2H])c(N(c3ccccc3)c3ccccc3)c([2H])c([2H])c1n2-c1ccc2c(c1)N(c1c(-c3ccccc3)cc(C(C)(C)C)cc1-c1ccccc1)c1c3c(c4c5ccccc5n5c6ccccc6c1c45)N(c1c(-c4ccccc4)cc(C(C)(C)C)cc1-c1ccccc1)c1cc(-c4cccc5oc6ccccc6c45)ccc1B23. The summed E-state index contributed by atoms with van der Waals surface area (Å²) in [6.07, 6.45) is 0. The lowest BCUT2D eigenvalue weighted by Crippen LogP contribution is -2.61. The van der Waals surface area contributed by atoms with Gasteiger partial charge in [-0.15, -0.1) is 0 Å². The molecule has 0 fully saturated rings. The molecule has 0 amide bonds. The van der Waals surface area contributed by atoms with E-state index in [4.69, 9.17) is 4.42 Å². The maximum absolute atomic E-state index is 10.8. The average molecular weight is 1510 g/mol. The smallest absolute Gasteiger partial charge is 0.252 e. The Morgan fingerprint density at radius 2 is 0.769 bits per heavy atom. The summed E-state index contributed by atoms with van der Waals surface area (Å²) in [5.74, 6) is 0. The summed E-state index contributed by atoms with van der Waals surface area (Å²) in [6, 6.07) is 116. The summed E-state index contributed by atoms with van der Waals surface area (Å²) in [7, 11) is 0. The minimum absolute atomic E-state index is 0.0679. The van der Waals surface area contributed by atoms with Gasteiger partial charge in [-0.05, 0) is 187 Å². The van der Waals surface area contributed by atoms with Crippen molar-refractivity contribution in [1.29, 1.82) is 0 Å². The Hall–Kier alpha value is -14.4. The van der Waals surface area contributed by atoms with Crippen LogP contribution in [0.2, 0.25) is 0 Å². The molecule has 0 spiro atoms. The number of benzene rings is 17. The Kier molecular flexibility index (Phi) is 13.6. The average Bonchev–Trinajstić information content (AvgIpc) is 1.32. The predicted octanol–water partition coefficient (Wildman–Crippen LogP) is 28.3. The first-order valence-corrected chi connectivity index (χ1v) is 40.4. The van der Waals surface area contributed by atoms with Crippen LogP contribution in [-0.4, -0.2) is 15.7 Å². The minimum atomic E-state index is -0.596. The van der Waals surface area contributed by atoms with Crippen molar-refractivity contribution in [3.8, 4) is 61.3 Å². The first kappa shape index (κ1) is 61.2. The van der Waals surface area contributed by atoms with Crippen molar-refractivity contribution in [3.05, 3.63) is 387 Å². The Labute approximate surface area is 690 Å². The van der Waals surface area contributed by atoms with Gasteiger partial charge in [-0.25, -0.2) is 0 Å². The molecule has 6 heterocycles. The van der Waals surface area contributed by atoms with Crippen LogP contribution in [0.1, 0.15) is 62.3 Å². The Morgan fingerprint density at radius 1 is 0.325 bits per heavy atom. The van der Waals surface area contributed by atoms with E-state index >= 15 is 0 Å². The van der Waals surface area contributed by atoms with Gasteiger partial charge in [0.2, 0.25) is 0 Å². The highest BCUT2D eigenvalue weighted by atomic mass is 16.3. The molecule has 554 valence electrons. The zero-order valence-electron chi connectivity index (χ0n) is 72.5. The van der Waals surface area contributed by atoms with E-state index in [1.54, 1.807) is 4.57 Å². The highest BCUT2D eigenvalue weighted by Gasteiger charge is 2.49. The quantitative estimate of drug-likeness (QED) is 0.121. The van der Waals surface area contributed by atoms with Gasteiger partial charge in [0.05, 0.1) is 59.9 Å². The number of furan rings is 1. The van der Waals surface area contributed by atoms with Crippen molar-refractivity contribution in [2.45, 2.75) is 52.4 Å². The molecule has 2 aliphatic rings. The molecular formula is C110H80BN5O. The van der Waals surface area contributed by atoms with Crippen molar-refractivity contribution < 1.29 is 14.0 Å². The van der Waals surface area contributed by atoms with Crippen molar-refractivity contribution in [3.63, 3.8) is 0 Å². The second kappa shape index (κ2) is 26.1. The van der Waals surface area contributed by atoms with Gasteiger partial charge in [-0.2, -0.15) is 0 Å². The molecule has 2 aliphatic heterocycles. The van der Waals surface area contributed by atoms with E-state index in [1.807, 2.05) is 77.7 Å². The number of fused-ring (bicyclic) bond motifs is 18. The molecule has 0 bridgehead atoms. The number of hydrogen-bond donors (Lipinski definition) is 0. The maximum atomic E-state index is 10.8. The van der Waals surface area contributed by atoms with Gasteiger partial charge in [0, 0.05) is 99.5 Å². The molecule has 0 saturated heterocycles. The second-order valence-electron chi connectivity index (χ2n) is 33.3. The molecule has 117 heavy (non-hydrogen) atoms. The first-order chi connectivity index (χ1) is 60.3. The zero-order chi connectivity index (χ0) is 84.2. The second-order valence-corrected chi connectivity index (χ2v) is 33.3. The third-order valence-electron chi connectivity index (χ3n) is 24.5. The summed E-state index contributed by atoms with van der Waals surface area (Å²) in [5, 5.41) is 6.44. The standard InChI is InChI=1S/C110H80BN5O/c1-109(2,3)74-63-85(69-34-13-7-14-35-69)104(86(64-74)70-36-15-8-16-37-70)115-96-62-73(80-50-33-55-99-100(80)84-49-28-32-54-98(84)117-99)56-59-90(96)111-91-60-57-79(113-92-51-29-25-46-81(92)89-67-78(58-61-95(89)113)112(76-42-21-11-22-43-76)77-44-23-12-24-45-77)68-97(91)116(105-87(71-38-17-9-18-39-71)65-75(110(4,5)6)66-88(105)72-40-19-10-20-41-72)108-102-83-48-27-31-53-94(83)114-93-52-30-26-47-82(93)101(106(102)114)107(115)103(108)111/h7-68H,1-6H3/i25D,29D,46D,51D,58D,61D,67D. The number of hydrogen-bond acceptors (Lipinski definition) is 4. The molecule has 4 aromatic heterocycles. The molecule has 7 heteroatoms. The lowest BCUT2D eigenvalue weighted by atomic mass is 9.33. The molecule has 21 aromatic rings. The van der Waals surface area contributed by atoms with Crippen LogP contribution in [0.3, 0.4) is 0 Å². The summed E-state index contributed by atoms with van der Waals surface area (Å²) in [5.41, 5.74) is 27.0. The third-order valence-corrected chi connectivity index (χ3v) is 24.5. The number of anilines is 9. The summed E-state index contributed by atoms with van der Waals surface area (Å²) >= 11 is 0. The largest absolute Gasteiger partial charge is 0.456 e. The number of rotatable bonds is 11. The minimum Gasteiger partial charge on any atom is -0.456 e. The van der Waals surface area contributed by atoms with E-state index < -0.39 is 18.8 Å². The van der Waals surface area contributed by atoms with Crippen LogP contribution in [0, 0.1) is 0 Å². The van der Waals surface area contributed by atoms with Crippen molar-refractivity contribution in [1.82, 2.24) is 8.97 Å². The summed E-state index contributed by atoms with van der Waals surface area (Å²) in [6.45, 7) is 13.2. The van der Waals surface area contributed by atoms with Gasteiger partial charge in [0.1, 0.15) is 11.2 Å². The van der Waals surface area contributed by atoms with E-state index in [0.29, 0.717) is 17.1 Å². The van der Waals surface area contributed by atoms with E-state index in [9.17, 15) is 9.60 Å². The molecule has 17 aromatic carbocycles. The van der Waals surface area contributed by atoms with Gasteiger partial charge in [-0.1, -0.05) is 302 Å². The Bertz CT molecular complexity index is 7880. The lowest BCUT2D eigenvalue weighted by Gasteiger charge is -2.46. The summed E-state index contributed by atoms with van der Waals surface area (Å²) in [4.78, 5) is 7.06. The van der Waals surface area contributed by atoms with Crippen LogP contribution in [0.5, 0.6) is 0 Å². The fraction of sp³-hybridized carbons (Fsp3) is 0.0727. The number of nitrogens with zero attached hydrogens (tertiary/aromatic N) is 5. The maximum Gasteiger partial charge on any atom is 0.252 e. The van der Waals surface area contributed by atoms with Gasteiger partial charge < -0.3 is 28.1 Å². The number of para-hydroxylation sites is 6. The predicted molar refractivity (Wildman–Crippen MR) is 496 cm³/mol. The van der Waals surface area contributed by atoms with Crippen LogP contribution in [0.25, 0.3) is 143 Å². The first-order valence-electron chi connectivity index (χ1n) is 43.9. The molecule has 6 nitrogen and oxygen atoms in total. The highest BCUT2D eigenvalue weighted by Crippen LogP contribution is 2.60. The fourth-order valence-electron chi connectivity index (χ4n) is 19.2. The molecule has 0 atom stereocenters. The molecule has 0 aliphatic carbocycles. The van der Waals surface area contributed by atoms with Gasteiger partial charge >= 0.3 is 0 Å². The van der Waals surface area contributed by atoms with Crippen LogP contribution in [0.15, 0.2) is 380 Å². The van der Waals surface area contributed by atoms with E-state index in [2.05, 4.69) is 317 Å². The normalized spacial score (nSPS) is 13.7. The Morgan fingerprint density at radius 3 is 1.29 bits per heavy atom. The molecule has 0 N–H and O–H groups in total. The van der Waals surface area contributed by atoms with Crippen LogP contribution in [-0.2, 0) is 10.8 Å². The third kappa shape index (κ3) is 10.4. The fourth-order valence-corrected chi connectivity index (χ4v) is 19.2. The molecule has 0 saturated carbocycles. The topological polar surface area (TPSA) is 32.2 Å². The van der Waals surface area contributed by atoms with Crippen LogP contribution in [0.4, 0.5) is 51.2 Å². The van der Waals surface area contributed by atoms with Crippen molar-refractivity contribution >= 4 is 156 Å². The van der Waals surface area contributed by atoms with Crippen LogP contribution >= 0.6 is 0 Å². The van der Waals surface area contributed by atoms with E-state index in [0.717, 1.165) is 172 Å². The molecule has 0 radical (unpaired) electrons.